The summed E-state index contributed by atoms with van der Waals surface area (Å²) >= 11 is 0. The van der Waals surface area contributed by atoms with Crippen LogP contribution in [0, 0.1) is 0 Å². The number of nitrogens with zero attached hydrogens (tertiary/aromatic N) is 1. The van der Waals surface area contributed by atoms with E-state index in [0.29, 0.717) is 0 Å². The molecule has 0 aromatic heterocycles. The van der Waals surface area contributed by atoms with Gasteiger partial charge < -0.3 is 10.6 Å². The first-order chi connectivity index (χ1) is 7.54. The molecule has 0 amide bonds. The molecule has 0 fully saturated rings. The molecule has 1 atom stereocenters. The maximum absolute atomic E-state index is 12.2. The first kappa shape index (κ1) is 12.9. The lowest BCUT2D eigenvalue weighted by molar-refractivity contribution is 0.156. The van der Waals surface area contributed by atoms with E-state index >= 15 is 0 Å². The second-order valence-corrected chi connectivity index (χ2v) is 3.88. The lowest BCUT2D eigenvalue weighted by Gasteiger charge is -2.19. The van der Waals surface area contributed by atoms with E-state index < -0.39 is 6.43 Å². The second kappa shape index (κ2) is 5.80. The Labute approximate surface area is 95.1 Å². The van der Waals surface area contributed by atoms with Gasteiger partial charge in [-0.2, -0.15) is 0 Å². The number of hydrogen-bond acceptors (Lipinski definition) is 2. The highest BCUT2D eigenvalue weighted by atomic mass is 19.3. The summed E-state index contributed by atoms with van der Waals surface area (Å²) in [6, 6.07) is 7.46. The first-order valence-electron chi connectivity index (χ1n) is 5.39. The summed E-state index contributed by atoms with van der Waals surface area (Å²) in [5.74, 6) is 0. The molecule has 0 heterocycles. The molecule has 0 saturated carbocycles. The van der Waals surface area contributed by atoms with Crippen LogP contribution in [0.25, 0.3) is 0 Å². The van der Waals surface area contributed by atoms with Crippen LogP contribution in [0.5, 0.6) is 0 Å². The third-order valence-electron chi connectivity index (χ3n) is 2.61. The normalized spacial score (nSPS) is 12.9. The van der Waals surface area contributed by atoms with Crippen molar-refractivity contribution in [3.8, 4) is 0 Å². The Hall–Kier alpha value is -1.16. The summed E-state index contributed by atoms with van der Waals surface area (Å²) in [5, 5.41) is 0. The van der Waals surface area contributed by atoms with E-state index in [9.17, 15) is 8.78 Å². The van der Waals surface area contributed by atoms with E-state index in [1.807, 2.05) is 31.2 Å². The molecular weight excluding hydrogens is 210 g/mol. The van der Waals surface area contributed by atoms with E-state index in [0.717, 1.165) is 17.7 Å². The van der Waals surface area contributed by atoms with Crippen molar-refractivity contribution < 1.29 is 8.78 Å². The van der Waals surface area contributed by atoms with Gasteiger partial charge in [0.15, 0.2) is 0 Å². The average molecular weight is 228 g/mol. The molecule has 0 bridgehead atoms. The summed E-state index contributed by atoms with van der Waals surface area (Å²) in [4.78, 5) is 1.53. The average Bonchev–Trinajstić information content (AvgIpc) is 2.27. The molecule has 1 aromatic carbocycles. The largest absolute Gasteiger partial charge is 0.369 e. The molecule has 1 aromatic rings. The van der Waals surface area contributed by atoms with Gasteiger partial charge in [-0.3, -0.25) is 0 Å². The van der Waals surface area contributed by atoms with Gasteiger partial charge in [0.2, 0.25) is 0 Å². The fourth-order valence-electron chi connectivity index (χ4n) is 1.52. The van der Waals surface area contributed by atoms with Gasteiger partial charge in [0.05, 0.1) is 6.54 Å². The third-order valence-corrected chi connectivity index (χ3v) is 2.61. The van der Waals surface area contributed by atoms with Gasteiger partial charge in [0.1, 0.15) is 0 Å². The lowest BCUT2D eigenvalue weighted by Crippen LogP contribution is -2.23. The zero-order chi connectivity index (χ0) is 12.1. The standard InChI is InChI=1S/C12H18F2N2/c1-3-11(15)9-4-6-10(7-5-9)16(2)8-12(13)14/h4-7,11-12H,3,8,15H2,1-2H3/t11-/m1/s1. The third kappa shape index (κ3) is 3.45. The van der Waals surface area contributed by atoms with Crippen molar-refractivity contribution >= 4 is 5.69 Å². The molecule has 0 aliphatic rings. The van der Waals surface area contributed by atoms with Crippen LogP contribution in [0.15, 0.2) is 24.3 Å². The summed E-state index contributed by atoms with van der Waals surface area (Å²) < 4.78 is 24.3. The van der Waals surface area contributed by atoms with E-state index in [1.54, 1.807) is 7.05 Å². The molecule has 90 valence electrons. The Balaban J connectivity index is 2.70. The quantitative estimate of drug-likeness (QED) is 0.839. The van der Waals surface area contributed by atoms with Crippen LogP contribution in [0.1, 0.15) is 24.9 Å². The van der Waals surface area contributed by atoms with Gasteiger partial charge >= 0.3 is 0 Å². The highest BCUT2D eigenvalue weighted by molar-refractivity contribution is 5.47. The van der Waals surface area contributed by atoms with Gasteiger partial charge in [-0.25, -0.2) is 8.78 Å². The molecular formula is C12H18F2N2. The van der Waals surface area contributed by atoms with Crippen LogP contribution in [0.4, 0.5) is 14.5 Å². The number of rotatable bonds is 5. The van der Waals surface area contributed by atoms with Gasteiger partial charge in [-0.05, 0) is 24.1 Å². The maximum Gasteiger partial charge on any atom is 0.255 e. The van der Waals surface area contributed by atoms with E-state index in [2.05, 4.69) is 0 Å². The fourth-order valence-corrected chi connectivity index (χ4v) is 1.52. The summed E-state index contributed by atoms with van der Waals surface area (Å²) in [7, 11) is 1.65. The summed E-state index contributed by atoms with van der Waals surface area (Å²) in [5.41, 5.74) is 7.69. The Morgan fingerprint density at radius 1 is 1.25 bits per heavy atom. The molecule has 0 saturated heterocycles. The number of halogens is 2. The van der Waals surface area contributed by atoms with Crippen molar-refractivity contribution in [3.63, 3.8) is 0 Å². The van der Waals surface area contributed by atoms with Crippen LogP contribution >= 0.6 is 0 Å². The Morgan fingerprint density at radius 2 is 1.81 bits per heavy atom. The number of hydrogen-bond donors (Lipinski definition) is 1. The Kier molecular flexibility index (Phi) is 4.68. The Morgan fingerprint density at radius 3 is 2.25 bits per heavy atom. The Bertz CT molecular complexity index is 311. The molecule has 0 radical (unpaired) electrons. The number of anilines is 1. The molecule has 0 aliphatic carbocycles. The van der Waals surface area contributed by atoms with Gasteiger partial charge in [0, 0.05) is 18.8 Å². The summed E-state index contributed by atoms with van der Waals surface area (Å²) in [6.07, 6.45) is -1.45. The van der Waals surface area contributed by atoms with Crippen molar-refractivity contribution in [2.45, 2.75) is 25.8 Å². The van der Waals surface area contributed by atoms with Crippen molar-refractivity contribution in [2.24, 2.45) is 5.73 Å². The minimum atomic E-state index is -2.32. The van der Waals surface area contributed by atoms with Crippen molar-refractivity contribution in [1.29, 1.82) is 0 Å². The van der Waals surface area contributed by atoms with E-state index in [4.69, 9.17) is 5.73 Å². The van der Waals surface area contributed by atoms with Crippen molar-refractivity contribution in [2.75, 3.05) is 18.5 Å². The van der Waals surface area contributed by atoms with E-state index in [1.165, 1.54) is 4.90 Å². The lowest BCUT2D eigenvalue weighted by atomic mass is 10.1. The maximum atomic E-state index is 12.2. The highest BCUT2D eigenvalue weighted by Crippen LogP contribution is 2.19. The smallest absolute Gasteiger partial charge is 0.255 e. The van der Waals surface area contributed by atoms with Crippen molar-refractivity contribution in [3.05, 3.63) is 29.8 Å². The van der Waals surface area contributed by atoms with Gasteiger partial charge in [-0.1, -0.05) is 19.1 Å². The van der Waals surface area contributed by atoms with Crippen LogP contribution < -0.4 is 10.6 Å². The minimum absolute atomic E-state index is 0.0226. The number of nitrogens with two attached hydrogens (primary N) is 1. The predicted molar refractivity (Wildman–Crippen MR) is 62.9 cm³/mol. The number of alkyl halides is 2. The highest BCUT2D eigenvalue weighted by Gasteiger charge is 2.09. The summed E-state index contributed by atoms with van der Waals surface area (Å²) in [6.45, 7) is 1.76. The molecule has 1 rings (SSSR count). The number of benzene rings is 1. The zero-order valence-electron chi connectivity index (χ0n) is 9.66. The SMILES string of the molecule is CC[C@@H](N)c1ccc(N(C)CC(F)F)cc1. The zero-order valence-corrected chi connectivity index (χ0v) is 9.66. The van der Waals surface area contributed by atoms with Gasteiger partial charge in [-0.15, -0.1) is 0 Å². The fraction of sp³-hybridized carbons (Fsp3) is 0.500. The predicted octanol–water partition coefficient (Wildman–Crippen LogP) is 2.80. The monoisotopic (exact) mass is 228 g/mol. The van der Waals surface area contributed by atoms with Crippen LogP contribution in [0.3, 0.4) is 0 Å². The van der Waals surface area contributed by atoms with Crippen LogP contribution in [-0.2, 0) is 0 Å². The molecule has 16 heavy (non-hydrogen) atoms. The molecule has 2 N–H and O–H groups in total. The van der Waals surface area contributed by atoms with Gasteiger partial charge in [0.25, 0.3) is 6.43 Å². The topological polar surface area (TPSA) is 29.3 Å². The second-order valence-electron chi connectivity index (χ2n) is 3.88. The molecule has 4 heteroatoms. The first-order valence-corrected chi connectivity index (χ1v) is 5.39. The minimum Gasteiger partial charge on any atom is -0.369 e. The van der Waals surface area contributed by atoms with Crippen LogP contribution in [-0.4, -0.2) is 20.0 Å². The van der Waals surface area contributed by atoms with E-state index in [-0.39, 0.29) is 12.6 Å². The molecule has 0 spiro atoms. The molecule has 0 unspecified atom stereocenters. The van der Waals surface area contributed by atoms with Crippen LogP contribution in [0.2, 0.25) is 0 Å². The van der Waals surface area contributed by atoms with Crippen molar-refractivity contribution in [1.82, 2.24) is 0 Å². The molecule has 2 nitrogen and oxygen atoms in total. The molecule has 0 aliphatic heterocycles.